The van der Waals surface area contributed by atoms with Gasteiger partial charge < -0.3 is 20.6 Å². The van der Waals surface area contributed by atoms with Crippen LogP contribution in [0.25, 0.3) is 0 Å². The van der Waals surface area contributed by atoms with Crippen molar-refractivity contribution in [3.63, 3.8) is 0 Å². The minimum absolute atomic E-state index is 0.0164. The number of aliphatic hydroxyl groups excluding tert-OH is 1. The van der Waals surface area contributed by atoms with Gasteiger partial charge in [0.2, 0.25) is 0 Å². The second-order valence-electron chi connectivity index (χ2n) is 8.99. The van der Waals surface area contributed by atoms with Crippen molar-refractivity contribution in [3.8, 4) is 0 Å². The molecule has 3 aromatic rings. The van der Waals surface area contributed by atoms with Crippen LogP contribution in [0.3, 0.4) is 0 Å². The van der Waals surface area contributed by atoms with Crippen molar-refractivity contribution in [1.29, 1.82) is 0 Å². The lowest BCUT2D eigenvalue weighted by Gasteiger charge is -2.25. The van der Waals surface area contributed by atoms with Crippen LogP contribution >= 0.6 is 0 Å². The molecule has 0 bridgehead atoms. The molecule has 0 fully saturated rings. The number of aryl methyl sites for hydroxylation is 1. The maximum Gasteiger partial charge on any atom is 0.254 e. The molecular weight excluding hydrogens is 464 g/mol. The molecule has 3 rings (SSSR count). The Hall–Kier alpha value is -3.62. The van der Waals surface area contributed by atoms with Crippen LogP contribution in [0.2, 0.25) is 0 Å². The van der Waals surface area contributed by atoms with Gasteiger partial charge in [0.25, 0.3) is 11.8 Å². The Labute approximate surface area is 210 Å². The van der Waals surface area contributed by atoms with Crippen molar-refractivity contribution < 1.29 is 23.5 Å². The fourth-order valence-corrected chi connectivity index (χ4v) is 3.95. The fourth-order valence-electron chi connectivity index (χ4n) is 3.95. The summed E-state index contributed by atoms with van der Waals surface area (Å²) in [6, 6.07) is 16.5. The van der Waals surface area contributed by atoms with Gasteiger partial charge in [0.05, 0.1) is 23.3 Å². The maximum atomic E-state index is 13.8. The minimum Gasteiger partial charge on any atom is -0.390 e. The highest BCUT2D eigenvalue weighted by atomic mass is 19.1. The number of hydrogen-bond donors (Lipinski definition) is 3. The van der Waals surface area contributed by atoms with Crippen LogP contribution in [0, 0.1) is 18.6 Å². The molecule has 0 radical (unpaired) electrons. The molecule has 0 aromatic heterocycles. The number of halogens is 2. The SMILES string of the molecule is Cc1cccc(CNC[C@@H](O)[C@H](Cc2cc(F)cc(F)c2)NC(=O)c2ccccc2C(=O)N(C)C)c1. The molecular formula is C28H31F2N3O3. The minimum atomic E-state index is -1.08. The zero-order valence-electron chi connectivity index (χ0n) is 20.6. The number of carbonyl (C=O) groups excluding carboxylic acids is 2. The molecule has 2 amide bonds. The first-order valence-electron chi connectivity index (χ1n) is 11.6. The van der Waals surface area contributed by atoms with E-state index in [0.29, 0.717) is 6.54 Å². The number of aliphatic hydroxyl groups is 1. The number of benzene rings is 3. The van der Waals surface area contributed by atoms with E-state index in [1.807, 2.05) is 31.2 Å². The fraction of sp³-hybridized carbons (Fsp3) is 0.286. The second-order valence-corrected chi connectivity index (χ2v) is 8.99. The highest BCUT2D eigenvalue weighted by Gasteiger charge is 2.25. The molecule has 0 saturated carbocycles. The Morgan fingerprint density at radius 2 is 1.58 bits per heavy atom. The maximum absolute atomic E-state index is 13.8. The molecule has 8 heteroatoms. The van der Waals surface area contributed by atoms with E-state index < -0.39 is 29.7 Å². The summed E-state index contributed by atoms with van der Waals surface area (Å²) in [5.74, 6) is -2.40. The third-order valence-electron chi connectivity index (χ3n) is 5.73. The number of rotatable bonds is 10. The molecule has 0 aliphatic carbocycles. The van der Waals surface area contributed by atoms with E-state index in [1.54, 1.807) is 32.3 Å². The van der Waals surface area contributed by atoms with E-state index in [0.717, 1.165) is 17.2 Å². The van der Waals surface area contributed by atoms with E-state index >= 15 is 0 Å². The van der Waals surface area contributed by atoms with E-state index in [1.165, 1.54) is 23.1 Å². The van der Waals surface area contributed by atoms with Crippen LogP contribution in [0.4, 0.5) is 8.78 Å². The standard InChI is InChI=1S/C28H31F2N3O3/c1-18-7-6-8-19(11-18)16-31-17-26(34)25(14-20-12-21(29)15-22(30)13-20)32-27(35)23-9-4-5-10-24(23)28(36)33(2)3/h4-13,15,25-26,31,34H,14,16-17H2,1-3H3,(H,32,35)/t25-,26+/m0/s1. The first-order chi connectivity index (χ1) is 17.1. The Kier molecular flexibility index (Phi) is 9.27. The van der Waals surface area contributed by atoms with Gasteiger partial charge in [-0.1, -0.05) is 42.0 Å². The highest BCUT2D eigenvalue weighted by molar-refractivity contribution is 6.07. The van der Waals surface area contributed by atoms with Gasteiger partial charge in [-0.25, -0.2) is 8.78 Å². The van der Waals surface area contributed by atoms with Gasteiger partial charge >= 0.3 is 0 Å². The highest BCUT2D eigenvalue weighted by Crippen LogP contribution is 2.15. The lowest BCUT2D eigenvalue weighted by atomic mass is 9.99. The Morgan fingerprint density at radius 1 is 0.917 bits per heavy atom. The van der Waals surface area contributed by atoms with Crippen molar-refractivity contribution in [3.05, 3.63) is 106 Å². The van der Waals surface area contributed by atoms with Gasteiger partial charge in [0.1, 0.15) is 11.6 Å². The predicted molar refractivity (Wildman–Crippen MR) is 135 cm³/mol. The summed E-state index contributed by atoms with van der Waals surface area (Å²) in [7, 11) is 3.17. The first kappa shape index (κ1) is 27.0. The van der Waals surface area contributed by atoms with Crippen LogP contribution < -0.4 is 10.6 Å². The molecule has 0 aliphatic rings. The van der Waals surface area contributed by atoms with Gasteiger partial charge in [0, 0.05) is 33.3 Å². The van der Waals surface area contributed by atoms with Crippen molar-refractivity contribution in [2.75, 3.05) is 20.6 Å². The molecule has 0 heterocycles. The third kappa shape index (κ3) is 7.44. The average Bonchev–Trinajstić information content (AvgIpc) is 2.82. The lowest BCUT2D eigenvalue weighted by Crippen LogP contribution is -2.49. The van der Waals surface area contributed by atoms with Crippen molar-refractivity contribution in [2.45, 2.75) is 32.0 Å². The summed E-state index contributed by atoms with van der Waals surface area (Å²) in [5, 5.41) is 16.9. The smallest absolute Gasteiger partial charge is 0.254 e. The monoisotopic (exact) mass is 495 g/mol. The number of nitrogens with one attached hydrogen (secondary N) is 2. The van der Waals surface area contributed by atoms with Gasteiger partial charge in [-0.2, -0.15) is 0 Å². The van der Waals surface area contributed by atoms with E-state index in [2.05, 4.69) is 10.6 Å². The number of hydrogen-bond acceptors (Lipinski definition) is 4. The number of carbonyl (C=O) groups is 2. The molecule has 0 unspecified atom stereocenters. The Morgan fingerprint density at radius 3 is 2.22 bits per heavy atom. The van der Waals surface area contributed by atoms with Crippen molar-refractivity contribution in [2.24, 2.45) is 0 Å². The zero-order valence-corrected chi connectivity index (χ0v) is 20.6. The summed E-state index contributed by atoms with van der Waals surface area (Å²) < 4.78 is 27.6. The van der Waals surface area contributed by atoms with Gasteiger partial charge in [-0.15, -0.1) is 0 Å². The third-order valence-corrected chi connectivity index (χ3v) is 5.73. The van der Waals surface area contributed by atoms with Gasteiger partial charge in [-0.3, -0.25) is 9.59 Å². The molecule has 36 heavy (non-hydrogen) atoms. The summed E-state index contributed by atoms with van der Waals surface area (Å²) in [5.41, 5.74) is 2.78. The molecule has 2 atom stereocenters. The quantitative estimate of drug-likeness (QED) is 0.402. The van der Waals surface area contributed by atoms with Crippen LogP contribution in [0.15, 0.2) is 66.7 Å². The summed E-state index contributed by atoms with van der Waals surface area (Å²) >= 11 is 0. The van der Waals surface area contributed by atoms with Crippen LogP contribution in [0.1, 0.15) is 37.4 Å². The van der Waals surface area contributed by atoms with Gasteiger partial charge in [0.15, 0.2) is 0 Å². The lowest BCUT2D eigenvalue weighted by molar-refractivity contribution is 0.0796. The first-order valence-corrected chi connectivity index (χ1v) is 11.6. The van der Waals surface area contributed by atoms with Crippen LogP contribution in [-0.2, 0) is 13.0 Å². The Balaban J connectivity index is 1.79. The number of amides is 2. The molecule has 3 aromatic carbocycles. The number of nitrogens with zero attached hydrogens (tertiary/aromatic N) is 1. The van der Waals surface area contributed by atoms with Crippen molar-refractivity contribution >= 4 is 11.8 Å². The second kappa shape index (κ2) is 12.4. The largest absolute Gasteiger partial charge is 0.390 e. The Bertz CT molecular complexity index is 1200. The molecule has 0 spiro atoms. The molecule has 0 aliphatic heterocycles. The van der Waals surface area contributed by atoms with Crippen molar-refractivity contribution in [1.82, 2.24) is 15.5 Å². The van der Waals surface area contributed by atoms with Crippen LogP contribution in [-0.4, -0.2) is 54.6 Å². The summed E-state index contributed by atoms with van der Waals surface area (Å²) in [6.07, 6.45) is -1.10. The summed E-state index contributed by atoms with van der Waals surface area (Å²) in [6.45, 7) is 2.60. The van der Waals surface area contributed by atoms with Gasteiger partial charge in [-0.05, 0) is 48.7 Å². The predicted octanol–water partition coefficient (Wildman–Crippen LogP) is 3.47. The summed E-state index contributed by atoms with van der Waals surface area (Å²) in [4.78, 5) is 27.1. The molecule has 3 N–H and O–H groups in total. The normalized spacial score (nSPS) is 12.6. The molecule has 0 saturated heterocycles. The van der Waals surface area contributed by atoms with E-state index in [4.69, 9.17) is 0 Å². The zero-order chi connectivity index (χ0) is 26.2. The van der Waals surface area contributed by atoms with Crippen LogP contribution in [0.5, 0.6) is 0 Å². The van der Waals surface area contributed by atoms with E-state index in [9.17, 15) is 23.5 Å². The average molecular weight is 496 g/mol. The molecule has 190 valence electrons. The topological polar surface area (TPSA) is 81.7 Å². The molecule has 6 nitrogen and oxygen atoms in total. The van der Waals surface area contributed by atoms with E-state index in [-0.39, 0.29) is 35.6 Å².